The molecule has 0 saturated carbocycles. The summed E-state index contributed by atoms with van der Waals surface area (Å²) in [4.78, 5) is 2.42. The summed E-state index contributed by atoms with van der Waals surface area (Å²) in [7, 11) is 0. The topological polar surface area (TPSA) is 8.17 Å². The van der Waals surface area contributed by atoms with E-state index in [1.54, 1.807) is 0 Å². The third kappa shape index (κ3) is 7.73. The first-order chi connectivity index (χ1) is 35.7. The van der Waals surface area contributed by atoms with Crippen molar-refractivity contribution in [3.05, 3.63) is 291 Å². The third-order valence-corrected chi connectivity index (χ3v) is 14.2. The molecule has 0 saturated heterocycles. The van der Waals surface area contributed by atoms with Crippen LogP contribution in [-0.2, 0) is 0 Å². The maximum atomic E-state index is 2.42. The minimum absolute atomic E-state index is 1.06. The van der Waals surface area contributed by atoms with Gasteiger partial charge in [0.15, 0.2) is 0 Å². The van der Waals surface area contributed by atoms with Crippen LogP contribution in [0.5, 0.6) is 0 Å². The van der Waals surface area contributed by atoms with E-state index in [-0.39, 0.29) is 0 Å². The Labute approximate surface area is 420 Å². The molecule has 12 aromatic carbocycles. The van der Waals surface area contributed by atoms with Crippen molar-refractivity contribution in [3.63, 3.8) is 0 Å². The van der Waals surface area contributed by atoms with E-state index in [9.17, 15) is 0 Å². The Morgan fingerprint density at radius 2 is 0.736 bits per heavy atom. The summed E-state index contributed by atoms with van der Waals surface area (Å²) in [5.41, 5.74) is 20.9. The van der Waals surface area contributed by atoms with Crippen LogP contribution in [0.25, 0.3) is 105 Å². The number of hydrogen-bond donors (Lipinski definition) is 0. The fourth-order valence-corrected chi connectivity index (χ4v) is 10.9. The summed E-state index contributed by atoms with van der Waals surface area (Å²) < 4.78 is 2.40. The smallest absolute Gasteiger partial charge is 0.0547 e. The van der Waals surface area contributed by atoms with Crippen molar-refractivity contribution in [1.29, 1.82) is 0 Å². The molecule has 0 aliphatic carbocycles. The van der Waals surface area contributed by atoms with E-state index in [1.165, 1.54) is 88.2 Å². The second-order valence-corrected chi connectivity index (χ2v) is 18.4. The van der Waals surface area contributed by atoms with Crippen LogP contribution in [0.2, 0.25) is 0 Å². The molecule has 0 spiro atoms. The molecule has 0 radical (unpaired) electrons. The minimum atomic E-state index is 1.06. The van der Waals surface area contributed by atoms with E-state index in [0.29, 0.717) is 0 Å². The van der Waals surface area contributed by atoms with Crippen LogP contribution in [0, 0.1) is 0 Å². The first-order valence-corrected chi connectivity index (χ1v) is 24.7. The highest BCUT2D eigenvalue weighted by molar-refractivity contribution is 6.16. The zero-order valence-corrected chi connectivity index (χ0v) is 39.6. The fraction of sp³-hybridized carbons (Fsp3) is 0. The third-order valence-electron chi connectivity index (χ3n) is 14.2. The lowest BCUT2D eigenvalue weighted by atomic mass is 9.84. The summed E-state index contributed by atoms with van der Waals surface area (Å²) >= 11 is 0. The zero-order valence-electron chi connectivity index (χ0n) is 39.6. The first kappa shape index (κ1) is 42.6. The monoisotopic (exact) mass is 916 g/mol. The zero-order chi connectivity index (χ0) is 47.8. The molecule has 338 valence electrons. The van der Waals surface area contributed by atoms with Gasteiger partial charge in [-0.25, -0.2) is 0 Å². The molecule has 13 rings (SSSR count). The highest BCUT2D eigenvalue weighted by Crippen LogP contribution is 2.47. The predicted molar refractivity (Wildman–Crippen MR) is 306 cm³/mol. The van der Waals surface area contributed by atoms with E-state index in [0.717, 1.165) is 33.9 Å². The number of rotatable bonds is 10. The largest absolute Gasteiger partial charge is 0.310 e. The molecular weight excluding hydrogens is 869 g/mol. The van der Waals surface area contributed by atoms with Gasteiger partial charge in [0.05, 0.1) is 11.0 Å². The summed E-state index contributed by atoms with van der Waals surface area (Å²) in [5, 5.41) is 4.95. The molecule has 1 aromatic heterocycles. The number of para-hydroxylation sites is 2. The average molecular weight is 917 g/mol. The van der Waals surface area contributed by atoms with Crippen molar-refractivity contribution < 1.29 is 0 Å². The van der Waals surface area contributed by atoms with Crippen LogP contribution in [0.1, 0.15) is 0 Å². The number of fused-ring (bicyclic) bond motifs is 4. The summed E-state index contributed by atoms with van der Waals surface area (Å²) in [5.74, 6) is 0. The maximum absolute atomic E-state index is 2.42. The van der Waals surface area contributed by atoms with Crippen molar-refractivity contribution in [2.75, 3.05) is 4.90 Å². The van der Waals surface area contributed by atoms with Gasteiger partial charge in [0.25, 0.3) is 0 Å². The standard InChI is InChI=1S/C70H48N2/c1-4-21-51(22-5-1)61-32-12-13-33-65(61)69-62(52-23-6-2-7-24-52)35-18-36-63(69)55-26-16-30-59(47-55)71(58-44-42-50(43-45-58)54-41-40-49-20-10-11-25-53(49)46-54)60-31-17-27-56(48-60)64-37-19-39-68-70(64)66-34-14-15-38-67(66)72(68)57-28-8-3-9-29-57/h1-48H. The highest BCUT2D eigenvalue weighted by Gasteiger charge is 2.21. The summed E-state index contributed by atoms with van der Waals surface area (Å²) in [6, 6.07) is 106. The molecule has 0 bridgehead atoms. The summed E-state index contributed by atoms with van der Waals surface area (Å²) in [6.07, 6.45) is 0. The highest BCUT2D eigenvalue weighted by atomic mass is 15.1. The Morgan fingerprint density at radius 3 is 1.46 bits per heavy atom. The van der Waals surface area contributed by atoms with E-state index in [2.05, 4.69) is 301 Å². The van der Waals surface area contributed by atoms with Crippen molar-refractivity contribution >= 4 is 49.6 Å². The van der Waals surface area contributed by atoms with Crippen LogP contribution in [0.3, 0.4) is 0 Å². The second kappa shape index (κ2) is 18.4. The van der Waals surface area contributed by atoms with Crippen LogP contribution in [0.4, 0.5) is 17.1 Å². The number of aromatic nitrogens is 1. The van der Waals surface area contributed by atoms with Crippen LogP contribution in [-0.4, -0.2) is 4.57 Å². The second-order valence-electron chi connectivity index (χ2n) is 18.4. The van der Waals surface area contributed by atoms with Crippen LogP contribution in [0.15, 0.2) is 291 Å². The molecule has 0 aliphatic rings. The fourth-order valence-electron chi connectivity index (χ4n) is 10.9. The average Bonchev–Trinajstić information content (AvgIpc) is 3.81. The van der Waals surface area contributed by atoms with Crippen molar-refractivity contribution in [2.24, 2.45) is 0 Å². The Bertz CT molecular complexity index is 4080. The molecule has 0 atom stereocenters. The number of nitrogens with zero attached hydrogens (tertiary/aromatic N) is 2. The maximum Gasteiger partial charge on any atom is 0.0547 e. The van der Waals surface area contributed by atoms with Crippen molar-refractivity contribution in [1.82, 2.24) is 4.57 Å². The lowest BCUT2D eigenvalue weighted by Gasteiger charge is -2.27. The van der Waals surface area contributed by atoms with Gasteiger partial charge in [0.2, 0.25) is 0 Å². The Kier molecular flexibility index (Phi) is 10.9. The van der Waals surface area contributed by atoms with Gasteiger partial charge in [0, 0.05) is 33.5 Å². The Balaban J connectivity index is 0.994. The van der Waals surface area contributed by atoms with Gasteiger partial charge in [-0.05, 0) is 144 Å². The number of hydrogen-bond acceptors (Lipinski definition) is 1. The van der Waals surface area contributed by atoms with Gasteiger partial charge >= 0.3 is 0 Å². The molecule has 0 N–H and O–H groups in total. The molecule has 0 amide bonds. The predicted octanol–water partition coefficient (Wildman–Crippen LogP) is 19.4. The normalized spacial score (nSPS) is 11.3. The van der Waals surface area contributed by atoms with Crippen molar-refractivity contribution in [3.8, 4) is 72.4 Å². The van der Waals surface area contributed by atoms with E-state index in [4.69, 9.17) is 0 Å². The molecule has 2 heteroatoms. The molecule has 72 heavy (non-hydrogen) atoms. The Hall–Kier alpha value is -9.50. The molecular formula is C70H48N2. The van der Waals surface area contributed by atoms with Gasteiger partial charge in [0.1, 0.15) is 0 Å². The lowest BCUT2D eigenvalue weighted by molar-refractivity contribution is 1.18. The number of anilines is 3. The molecule has 0 aliphatic heterocycles. The van der Waals surface area contributed by atoms with E-state index >= 15 is 0 Å². The molecule has 0 unspecified atom stereocenters. The lowest BCUT2D eigenvalue weighted by Crippen LogP contribution is -2.10. The molecule has 1 heterocycles. The first-order valence-electron chi connectivity index (χ1n) is 24.7. The van der Waals surface area contributed by atoms with E-state index in [1.807, 2.05) is 0 Å². The van der Waals surface area contributed by atoms with Crippen molar-refractivity contribution in [2.45, 2.75) is 0 Å². The summed E-state index contributed by atoms with van der Waals surface area (Å²) in [6.45, 7) is 0. The molecule has 13 aromatic rings. The van der Waals surface area contributed by atoms with Gasteiger partial charge < -0.3 is 9.47 Å². The van der Waals surface area contributed by atoms with Gasteiger partial charge in [-0.3, -0.25) is 0 Å². The number of benzene rings is 12. The van der Waals surface area contributed by atoms with E-state index < -0.39 is 0 Å². The van der Waals surface area contributed by atoms with Gasteiger partial charge in [-0.15, -0.1) is 0 Å². The SMILES string of the molecule is c1ccc(-c2ccccc2-c2c(-c3ccccc3)cccc2-c2cccc(N(c3ccc(-c4ccc5ccccc5c4)cc3)c3cccc(-c4cccc5c4c4ccccc4n5-c4ccccc4)c3)c2)cc1. The van der Waals surface area contributed by atoms with Gasteiger partial charge in [-0.2, -0.15) is 0 Å². The molecule has 2 nitrogen and oxygen atoms in total. The minimum Gasteiger partial charge on any atom is -0.310 e. The Morgan fingerprint density at radius 1 is 0.250 bits per heavy atom. The van der Waals surface area contributed by atoms with Crippen LogP contribution >= 0.6 is 0 Å². The quantitative estimate of drug-likeness (QED) is 0.133. The van der Waals surface area contributed by atoms with Gasteiger partial charge in [-0.1, -0.05) is 224 Å². The van der Waals surface area contributed by atoms with Crippen LogP contribution < -0.4 is 4.90 Å². The molecule has 0 fully saturated rings.